The molecule has 1 amide bonds. The maximum absolute atomic E-state index is 11.9. The van der Waals surface area contributed by atoms with Gasteiger partial charge in [-0.2, -0.15) is 0 Å². The molecule has 2 N–H and O–H groups in total. The molecule has 0 bridgehead atoms. The molecule has 0 aliphatic heterocycles. The Morgan fingerprint density at radius 1 is 1.21 bits per heavy atom. The summed E-state index contributed by atoms with van der Waals surface area (Å²) < 4.78 is 0. The van der Waals surface area contributed by atoms with Crippen LogP contribution in [0, 0.1) is 5.92 Å². The minimum Gasteiger partial charge on any atom is -0.326 e. The summed E-state index contributed by atoms with van der Waals surface area (Å²) in [6.45, 7) is 9.36. The lowest BCUT2D eigenvalue weighted by Gasteiger charge is -2.18. The third kappa shape index (κ3) is 5.43. The number of carbonyl (C=O) groups is 1. The maximum atomic E-state index is 11.9. The fourth-order valence-electron chi connectivity index (χ4n) is 2.03. The van der Waals surface area contributed by atoms with Crippen LogP contribution in [0.1, 0.15) is 52.1 Å². The van der Waals surface area contributed by atoms with Crippen molar-refractivity contribution < 1.29 is 4.79 Å². The van der Waals surface area contributed by atoms with Crippen LogP contribution in [0.2, 0.25) is 0 Å². The molecule has 106 valence electrons. The molecule has 1 rings (SSSR count). The van der Waals surface area contributed by atoms with E-state index in [0.29, 0.717) is 12.3 Å². The first kappa shape index (κ1) is 15.7. The molecule has 1 aromatic rings. The van der Waals surface area contributed by atoms with Crippen molar-refractivity contribution in [3.8, 4) is 0 Å². The zero-order valence-corrected chi connectivity index (χ0v) is 12.5. The largest absolute Gasteiger partial charge is 0.326 e. The summed E-state index contributed by atoms with van der Waals surface area (Å²) in [5.41, 5.74) is 2.07. The van der Waals surface area contributed by atoms with Gasteiger partial charge in [0.2, 0.25) is 5.91 Å². The van der Waals surface area contributed by atoms with E-state index in [1.165, 1.54) is 0 Å². The number of carbonyl (C=O) groups excluding carboxylic acids is 1. The summed E-state index contributed by atoms with van der Waals surface area (Å²) in [5, 5.41) is 6.47. The number of hydrogen-bond acceptors (Lipinski definition) is 2. The Bertz CT molecular complexity index is 401. The topological polar surface area (TPSA) is 41.1 Å². The number of nitrogens with one attached hydrogen (secondary N) is 2. The Kier molecular flexibility index (Phi) is 6.57. The summed E-state index contributed by atoms with van der Waals surface area (Å²) in [6, 6.07) is 8.25. The SMILES string of the molecule is CCCNC(C)c1ccccc1NC(=O)CC(C)C. The first-order chi connectivity index (χ1) is 9.04. The van der Waals surface area contributed by atoms with E-state index >= 15 is 0 Å². The fourth-order valence-corrected chi connectivity index (χ4v) is 2.03. The van der Waals surface area contributed by atoms with Crippen LogP contribution >= 0.6 is 0 Å². The average Bonchev–Trinajstić information content (AvgIpc) is 2.35. The van der Waals surface area contributed by atoms with Gasteiger partial charge in [0.15, 0.2) is 0 Å². The lowest BCUT2D eigenvalue weighted by atomic mass is 10.0. The van der Waals surface area contributed by atoms with Gasteiger partial charge in [-0.1, -0.05) is 39.0 Å². The highest BCUT2D eigenvalue weighted by atomic mass is 16.1. The lowest BCUT2D eigenvalue weighted by molar-refractivity contribution is -0.116. The van der Waals surface area contributed by atoms with Crippen LogP contribution in [0.25, 0.3) is 0 Å². The quantitative estimate of drug-likeness (QED) is 0.786. The molecule has 3 nitrogen and oxygen atoms in total. The van der Waals surface area contributed by atoms with Crippen molar-refractivity contribution in [2.75, 3.05) is 11.9 Å². The van der Waals surface area contributed by atoms with E-state index in [-0.39, 0.29) is 11.9 Å². The van der Waals surface area contributed by atoms with E-state index in [1.54, 1.807) is 0 Å². The van der Waals surface area contributed by atoms with Crippen LogP contribution in [0.4, 0.5) is 5.69 Å². The lowest BCUT2D eigenvalue weighted by Crippen LogP contribution is -2.22. The van der Waals surface area contributed by atoms with Crippen LogP contribution in [-0.4, -0.2) is 12.5 Å². The molecule has 0 aliphatic rings. The molecule has 3 heteroatoms. The first-order valence-electron chi connectivity index (χ1n) is 7.16. The number of amides is 1. The molecule has 0 spiro atoms. The first-order valence-corrected chi connectivity index (χ1v) is 7.16. The summed E-state index contributed by atoms with van der Waals surface area (Å²) in [4.78, 5) is 11.9. The zero-order chi connectivity index (χ0) is 14.3. The third-order valence-electron chi connectivity index (χ3n) is 3.00. The molecule has 0 fully saturated rings. The van der Waals surface area contributed by atoms with Crippen molar-refractivity contribution in [3.05, 3.63) is 29.8 Å². The van der Waals surface area contributed by atoms with Gasteiger partial charge in [0.25, 0.3) is 0 Å². The second-order valence-corrected chi connectivity index (χ2v) is 5.41. The number of anilines is 1. The molecule has 0 saturated carbocycles. The number of hydrogen-bond donors (Lipinski definition) is 2. The summed E-state index contributed by atoms with van der Waals surface area (Å²) in [6.07, 6.45) is 1.66. The van der Waals surface area contributed by atoms with Gasteiger partial charge in [-0.05, 0) is 37.4 Å². The van der Waals surface area contributed by atoms with Gasteiger partial charge in [0, 0.05) is 18.2 Å². The van der Waals surface area contributed by atoms with Crippen LogP contribution in [0.5, 0.6) is 0 Å². The van der Waals surface area contributed by atoms with Gasteiger partial charge in [-0.15, -0.1) is 0 Å². The Balaban J connectivity index is 2.75. The molecule has 0 heterocycles. The van der Waals surface area contributed by atoms with Crippen molar-refractivity contribution in [1.29, 1.82) is 0 Å². The summed E-state index contributed by atoms with van der Waals surface area (Å²) in [5.74, 6) is 0.466. The number of para-hydroxylation sites is 1. The summed E-state index contributed by atoms with van der Waals surface area (Å²) in [7, 11) is 0. The highest BCUT2D eigenvalue weighted by Crippen LogP contribution is 2.22. The second kappa shape index (κ2) is 7.95. The Morgan fingerprint density at radius 2 is 1.89 bits per heavy atom. The zero-order valence-electron chi connectivity index (χ0n) is 12.5. The van der Waals surface area contributed by atoms with Gasteiger partial charge < -0.3 is 10.6 Å². The van der Waals surface area contributed by atoms with Crippen molar-refractivity contribution >= 4 is 11.6 Å². The second-order valence-electron chi connectivity index (χ2n) is 5.41. The third-order valence-corrected chi connectivity index (χ3v) is 3.00. The van der Waals surface area contributed by atoms with Crippen LogP contribution in [0.15, 0.2) is 24.3 Å². The fraction of sp³-hybridized carbons (Fsp3) is 0.562. The molecular weight excluding hydrogens is 236 g/mol. The molecule has 0 aliphatic carbocycles. The molecule has 19 heavy (non-hydrogen) atoms. The minimum absolute atomic E-state index is 0.0881. The highest BCUT2D eigenvalue weighted by molar-refractivity contribution is 5.91. The van der Waals surface area contributed by atoms with Crippen molar-refractivity contribution in [1.82, 2.24) is 5.32 Å². The van der Waals surface area contributed by atoms with Gasteiger partial charge >= 0.3 is 0 Å². The molecule has 1 aromatic carbocycles. The normalized spacial score (nSPS) is 12.5. The molecule has 1 unspecified atom stereocenters. The van der Waals surface area contributed by atoms with E-state index in [2.05, 4.69) is 44.4 Å². The van der Waals surface area contributed by atoms with Crippen LogP contribution in [0.3, 0.4) is 0 Å². The van der Waals surface area contributed by atoms with Crippen molar-refractivity contribution in [2.24, 2.45) is 5.92 Å². The van der Waals surface area contributed by atoms with E-state index < -0.39 is 0 Å². The smallest absolute Gasteiger partial charge is 0.224 e. The van der Waals surface area contributed by atoms with Gasteiger partial charge in [0.1, 0.15) is 0 Å². The predicted molar refractivity (Wildman–Crippen MR) is 81.2 cm³/mol. The molecule has 1 atom stereocenters. The highest BCUT2D eigenvalue weighted by Gasteiger charge is 2.12. The van der Waals surface area contributed by atoms with Gasteiger partial charge in [-0.25, -0.2) is 0 Å². The number of rotatable bonds is 7. The Hall–Kier alpha value is -1.35. The molecule has 0 saturated heterocycles. The number of benzene rings is 1. The monoisotopic (exact) mass is 262 g/mol. The Labute approximate surface area is 116 Å². The standard InChI is InChI=1S/C16H26N2O/c1-5-10-17-13(4)14-8-6-7-9-15(14)18-16(19)11-12(2)3/h6-9,12-13,17H,5,10-11H2,1-4H3,(H,18,19). The van der Waals surface area contributed by atoms with E-state index in [9.17, 15) is 4.79 Å². The van der Waals surface area contributed by atoms with Crippen molar-refractivity contribution in [3.63, 3.8) is 0 Å². The molecule has 0 aromatic heterocycles. The van der Waals surface area contributed by atoms with Crippen LogP contribution in [-0.2, 0) is 4.79 Å². The van der Waals surface area contributed by atoms with E-state index in [0.717, 1.165) is 24.2 Å². The average molecular weight is 262 g/mol. The van der Waals surface area contributed by atoms with Crippen molar-refractivity contribution in [2.45, 2.75) is 46.6 Å². The molecule has 0 radical (unpaired) electrons. The maximum Gasteiger partial charge on any atom is 0.224 e. The van der Waals surface area contributed by atoms with Crippen LogP contribution < -0.4 is 10.6 Å². The summed E-state index contributed by atoms with van der Waals surface area (Å²) >= 11 is 0. The molecular formula is C16H26N2O. The van der Waals surface area contributed by atoms with E-state index in [1.807, 2.05) is 18.2 Å². The van der Waals surface area contributed by atoms with E-state index in [4.69, 9.17) is 0 Å². The van der Waals surface area contributed by atoms with Gasteiger partial charge in [-0.3, -0.25) is 4.79 Å². The Morgan fingerprint density at radius 3 is 2.53 bits per heavy atom. The predicted octanol–water partition coefficient (Wildman–Crippen LogP) is 3.73. The van der Waals surface area contributed by atoms with Gasteiger partial charge in [0.05, 0.1) is 0 Å². The minimum atomic E-state index is 0.0881.